The van der Waals surface area contributed by atoms with E-state index in [1.54, 1.807) is 19.5 Å². The molecule has 0 spiro atoms. The number of hydrazone groups is 1. The van der Waals surface area contributed by atoms with Crippen LogP contribution in [0.2, 0.25) is 0 Å². The maximum absolute atomic E-state index is 5.26. The number of fused-ring (bicyclic) bond motifs is 1. The summed E-state index contributed by atoms with van der Waals surface area (Å²) in [6, 6.07) is 26.6. The number of methoxy groups -OCH3 is 1. The number of aryl methyl sites for hydroxylation is 1. The third-order valence-corrected chi connectivity index (χ3v) is 5.43. The molecular weight excluding hydrogens is 396 g/mol. The first-order chi connectivity index (χ1) is 15.7. The second-order valence-corrected chi connectivity index (χ2v) is 7.60. The van der Waals surface area contributed by atoms with Crippen LogP contribution in [0.1, 0.15) is 22.3 Å². The first-order valence-corrected chi connectivity index (χ1v) is 10.4. The fraction of sp³-hybridized carbons (Fsp3) is 0.0741. The van der Waals surface area contributed by atoms with E-state index in [-0.39, 0.29) is 0 Å². The van der Waals surface area contributed by atoms with E-state index in [4.69, 9.17) is 14.8 Å². The van der Waals surface area contributed by atoms with E-state index < -0.39 is 0 Å². The number of amidine groups is 1. The van der Waals surface area contributed by atoms with E-state index in [1.165, 1.54) is 0 Å². The summed E-state index contributed by atoms with van der Waals surface area (Å²) in [7, 11) is 1.67. The summed E-state index contributed by atoms with van der Waals surface area (Å²) in [5, 5.41) is 4.75. The van der Waals surface area contributed by atoms with Crippen molar-refractivity contribution in [1.82, 2.24) is 10.4 Å². The molecule has 0 aliphatic carbocycles. The molecular formula is C27H22N4O. The molecule has 2 heterocycles. The Labute approximate surface area is 187 Å². The quantitative estimate of drug-likeness (QED) is 0.476. The third kappa shape index (κ3) is 3.88. The summed E-state index contributed by atoms with van der Waals surface area (Å²) in [5.41, 5.74) is 11.2. The van der Waals surface area contributed by atoms with Crippen LogP contribution >= 0.6 is 0 Å². The largest absolute Gasteiger partial charge is 0.497 e. The Bertz CT molecular complexity index is 1310. The van der Waals surface area contributed by atoms with Crippen molar-refractivity contribution in [3.63, 3.8) is 0 Å². The zero-order valence-electron chi connectivity index (χ0n) is 17.9. The molecule has 0 amide bonds. The molecule has 156 valence electrons. The second-order valence-electron chi connectivity index (χ2n) is 7.60. The Hall–Kier alpha value is -4.25. The molecule has 5 nitrogen and oxygen atoms in total. The van der Waals surface area contributed by atoms with Crippen LogP contribution in [0, 0.1) is 6.92 Å². The van der Waals surface area contributed by atoms with Gasteiger partial charge in [-0.15, -0.1) is 0 Å². The lowest BCUT2D eigenvalue weighted by molar-refractivity contribution is 0.415. The van der Waals surface area contributed by atoms with Crippen LogP contribution in [0.3, 0.4) is 0 Å². The van der Waals surface area contributed by atoms with Crippen LogP contribution in [0.15, 0.2) is 101 Å². The van der Waals surface area contributed by atoms with Crippen molar-refractivity contribution >= 4 is 17.2 Å². The minimum absolute atomic E-state index is 0.674. The number of benzene rings is 3. The molecule has 5 heteroatoms. The highest BCUT2D eigenvalue weighted by atomic mass is 16.5. The smallest absolute Gasteiger partial charge is 0.155 e. The van der Waals surface area contributed by atoms with Crippen LogP contribution < -0.4 is 10.2 Å². The van der Waals surface area contributed by atoms with Crippen molar-refractivity contribution in [3.8, 4) is 16.9 Å². The molecule has 32 heavy (non-hydrogen) atoms. The molecule has 5 rings (SSSR count). The van der Waals surface area contributed by atoms with Gasteiger partial charge >= 0.3 is 0 Å². The Morgan fingerprint density at radius 2 is 1.50 bits per heavy atom. The summed E-state index contributed by atoms with van der Waals surface area (Å²) in [6.45, 7) is 2.08. The lowest BCUT2D eigenvalue weighted by atomic mass is 9.97. The topological polar surface area (TPSA) is 58.9 Å². The summed E-state index contributed by atoms with van der Waals surface area (Å²) < 4.78 is 5.26. The summed E-state index contributed by atoms with van der Waals surface area (Å²) in [5.74, 6) is 1.52. The molecule has 0 saturated heterocycles. The molecule has 0 fully saturated rings. The van der Waals surface area contributed by atoms with Crippen molar-refractivity contribution in [2.75, 3.05) is 7.11 Å². The van der Waals surface area contributed by atoms with Crippen LogP contribution in [0.4, 0.5) is 5.69 Å². The molecule has 0 unspecified atom stereocenters. The van der Waals surface area contributed by atoms with E-state index >= 15 is 0 Å². The van der Waals surface area contributed by atoms with Crippen molar-refractivity contribution < 1.29 is 4.74 Å². The molecule has 3 aromatic carbocycles. The number of aliphatic imine (C=N–C) groups is 1. The number of hydrogen-bond acceptors (Lipinski definition) is 5. The van der Waals surface area contributed by atoms with Gasteiger partial charge in [-0.05, 0) is 54.4 Å². The van der Waals surface area contributed by atoms with Gasteiger partial charge in [0.1, 0.15) is 5.75 Å². The molecule has 1 aliphatic rings. The zero-order chi connectivity index (χ0) is 21.9. The second kappa shape index (κ2) is 8.47. The highest BCUT2D eigenvalue weighted by Crippen LogP contribution is 2.28. The monoisotopic (exact) mass is 418 g/mol. The summed E-state index contributed by atoms with van der Waals surface area (Å²) in [6.07, 6.45) is 3.53. The van der Waals surface area contributed by atoms with Crippen LogP contribution in [-0.2, 0) is 0 Å². The predicted molar refractivity (Wildman–Crippen MR) is 129 cm³/mol. The fourth-order valence-electron chi connectivity index (χ4n) is 3.71. The van der Waals surface area contributed by atoms with Crippen LogP contribution in [-0.4, -0.2) is 23.6 Å². The summed E-state index contributed by atoms with van der Waals surface area (Å²) in [4.78, 5) is 9.06. The average molecular weight is 419 g/mol. The maximum Gasteiger partial charge on any atom is 0.155 e. The Morgan fingerprint density at radius 1 is 0.781 bits per heavy atom. The van der Waals surface area contributed by atoms with Crippen LogP contribution in [0.5, 0.6) is 5.75 Å². The number of ether oxygens (including phenoxy) is 1. The molecule has 1 N–H and O–H groups in total. The number of hydrogen-bond donors (Lipinski definition) is 1. The lowest BCUT2D eigenvalue weighted by Gasteiger charge is -2.10. The van der Waals surface area contributed by atoms with Gasteiger partial charge in [0.15, 0.2) is 5.84 Å². The van der Waals surface area contributed by atoms with E-state index in [0.717, 1.165) is 50.5 Å². The van der Waals surface area contributed by atoms with Gasteiger partial charge in [0.25, 0.3) is 0 Å². The number of nitrogens with zero attached hydrogens (tertiary/aromatic N) is 3. The minimum Gasteiger partial charge on any atom is -0.497 e. The normalized spacial score (nSPS) is 12.7. The Balaban J connectivity index is 1.53. The molecule has 4 aromatic rings. The number of rotatable bonds is 4. The van der Waals surface area contributed by atoms with Gasteiger partial charge in [0.2, 0.25) is 0 Å². The predicted octanol–water partition coefficient (Wildman–Crippen LogP) is 5.50. The average Bonchev–Trinajstić information content (AvgIpc) is 3.04. The fourth-order valence-corrected chi connectivity index (χ4v) is 3.71. The van der Waals surface area contributed by atoms with Gasteiger partial charge in [-0.25, -0.2) is 4.99 Å². The molecule has 1 aromatic heterocycles. The van der Waals surface area contributed by atoms with E-state index in [0.29, 0.717) is 5.84 Å². The van der Waals surface area contributed by atoms with Gasteiger partial charge < -0.3 is 4.74 Å². The summed E-state index contributed by atoms with van der Waals surface area (Å²) >= 11 is 0. The standard InChI is InChI=1S/C27H22N4O/c1-18-5-14-25-24(16-18)26(30-31-27(29-25)22-4-3-15-28-17-22)21-8-6-19(7-9-21)20-10-12-23(32-2)13-11-20/h3-17H,1-2H3,(H,29,31). The van der Waals surface area contributed by atoms with E-state index in [2.05, 4.69) is 65.9 Å². The number of aromatic nitrogens is 1. The lowest BCUT2D eigenvalue weighted by Crippen LogP contribution is -2.19. The Kier molecular flexibility index (Phi) is 5.22. The maximum atomic E-state index is 5.26. The van der Waals surface area contributed by atoms with E-state index in [9.17, 15) is 0 Å². The van der Waals surface area contributed by atoms with Gasteiger partial charge in [-0.1, -0.05) is 48.0 Å². The Morgan fingerprint density at radius 3 is 2.19 bits per heavy atom. The van der Waals surface area contributed by atoms with Crippen molar-refractivity contribution in [2.24, 2.45) is 10.1 Å². The molecule has 1 aliphatic heterocycles. The highest BCUT2D eigenvalue weighted by Gasteiger charge is 2.17. The zero-order valence-corrected chi connectivity index (χ0v) is 17.9. The minimum atomic E-state index is 0.674. The van der Waals surface area contributed by atoms with Crippen molar-refractivity contribution in [2.45, 2.75) is 6.92 Å². The number of pyridine rings is 1. The van der Waals surface area contributed by atoms with E-state index in [1.807, 2.05) is 30.3 Å². The number of nitrogens with one attached hydrogen (secondary N) is 1. The van der Waals surface area contributed by atoms with Gasteiger partial charge in [-0.3, -0.25) is 10.4 Å². The van der Waals surface area contributed by atoms with Gasteiger partial charge in [0, 0.05) is 29.1 Å². The van der Waals surface area contributed by atoms with Crippen LogP contribution in [0.25, 0.3) is 11.1 Å². The first kappa shape index (κ1) is 19.7. The molecule has 0 bridgehead atoms. The third-order valence-electron chi connectivity index (χ3n) is 5.43. The molecule has 0 saturated carbocycles. The SMILES string of the molecule is COc1ccc(-c2ccc(C3=NNC(c4cccnc4)=Nc4ccc(C)cc43)cc2)cc1. The first-order valence-electron chi connectivity index (χ1n) is 10.4. The van der Waals surface area contributed by atoms with Gasteiger partial charge in [-0.2, -0.15) is 5.10 Å². The highest BCUT2D eigenvalue weighted by molar-refractivity contribution is 6.18. The van der Waals surface area contributed by atoms with Crippen molar-refractivity contribution in [1.29, 1.82) is 0 Å². The molecule has 0 radical (unpaired) electrons. The molecule has 0 atom stereocenters. The van der Waals surface area contributed by atoms with Crippen molar-refractivity contribution in [3.05, 3.63) is 114 Å². The van der Waals surface area contributed by atoms with Gasteiger partial charge in [0.05, 0.1) is 18.5 Å².